The van der Waals surface area contributed by atoms with Gasteiger partial charge in [0, 0.05) is 31.6 Å². The standard InChI is InChI=1S/C8H13N3/c1-11-4-2-7-8(3-5-11)10-6-9-7/h6H,2-5H2,1H3,(H,9,10). The molecule has 2 rings (SSSR count). The number of nitrogens with one attached hydrogen (secondary N) is 1. The van der Waals surface area contributed by atoms with Crippen molar-refractivity contribution >= 4 is 0 Å². The molecule has 1 aliphatic heterocycles. The number of aromatic nitrogens is 2. The van der Waals surface area contributed by atoms with Gasteiger partial charge in [0.05, 0.1) is 12.0 Å². The molecular formula is C8H13N3. The van der Waals surface area contributed by atoms with E-state index in [1.54, 1.807) is 6.33 Å². The van der Waals surface area contributed by atoms with Crippen LogP contribution >= 0.6 is 0 Å². The van der Waals surface area contributed by atoms with Crippen LogP contribution in [0.3, 0.4) is 0 Å². The Labute approximate surface area is 66.4 Å². The van der Waals surface area contributed by atoms with Crippen molar-refractivity contribution in [1.29, 1.82) is 0 Å². The number of aromatic amines is 1. The molecule has 1 aromatic heterocycles. The maximum Gasteiger partial charge on any atom is 0.0925 e. The van der Waals surface area contributed by atoms with Crippen LogP contribution in [0.2, 0.25) is 0 Å². The Bertz CT molecular complexity index is 219. The number of likely N-dealkylation sites (N-methyl/N-ethyl adjacent to an activating group) is 1. The highest BCUT2D eigenvalue weighted by atomic mass is 15.1. The molecular weight excluding hydrogens is 138 g/mol. The lowest BCUT2D eigenvalue weighted by atomic mass is 10.2. The Kier molecular flexibility index (Phi) is 1.66. The van der Waals surface area contributed by atoms with Crippen LogP contribution in [0.1, 0.15) is 11.4 Å². The normalized spacial score (nSPS) is 19.4. The summed E-state index contributed by atoms with van der Waals surface area (Å²) in [6, 6.07) is 0. The van der Waals surface area contributed by atoms with Gasteiger partial charge in [-0.3, -0.25) is 0 Å². The second kappa shape index (κ2) is 2.66. The van der Waals surface area contributed by atoms with E-state index in [1.807, 2.05) is 0 Å². The van der Waals surface area contributed by atoms with Gasteiger partial charge in [0.25, 0.3) is 0 Å². The van der Waals surface area contributed by atoms with E-state index in [4.69, 9.17) is 0 Å². The summed E-state index contributed by atoms with van der Waals surface area (Å²) >= 11 is 0. The van der Waals surface area contributed by atoms with Crippen LogP contribution in [-0.2, 0) is 12.8 Å². The fourth-order valence-corrected chi connectivity index (χ4v) is 1.49. The number of hydrogen-bond donors (Lipinski definition) is 1. The van der Waals surface area contributed by atoms with Crippen molar-refractivity contribution < 1.29 is 0 Å². The van der Waals surface area contributed by atoms with Crippen LogP contribution in [0.15, 0.2) is 6.33 Å². The van der Waals surface area contributed by atoms with Gasteiger partial charge in [-0.2, -0.15) is 0 Å². The summed E-state index contributed by atoms with van der Waals surface area (Å²) in [6.07, 6.45) is 4.01. The zero-order chi connectivity index (χ0) is 7.68. The number of fused-ring (bicyclic) bond motifs is 1. The molecule has 2 heterocycles. The van der Waals surface area contributed by atoms with Gasteiger partial charge in [0.1, 0.15) is 0 Å². The van der Waals surface area contributed by atoms with E-state index < -0.39 is 0 Å². The zero-order valence-electron chi connectivity index (χ0n) is 6.80. The predicted octanol–water partition coefficient (Wildman–Crippen LogP) is 0.440. The number of rotatable bonds is 0. The quantitative estimate of drug-likeness (QED) is 0.583. The summed E-state index contributed by atoms with van der Waals surface area (Å²) in [6.45, 7) is 2.28. The average Bonchev–Trinajstić information content (AvgIpc) is 2.38. The Hall–Kier alpha value is -0.830. The van der Waals surface area contributed by atoms with Gasteiger partial charge in [-0.25, -0.2) is 4.98 Å². The molecule has 0 fully saturated rings. The summed E-state index contributed by atoms with van der Waals surface area (Å²) in [7, 11) is 2.16. The number of nitrogens with zero attached hydrogens (tertiary/aromatic N) is 2. The lowest BCUT2D eigenvalue weighted by Crippen LogP contribution is -2.21. The molecule has 1 aromatic rings. The Morgan fingerprint density at radius 3 is 3.18 bits per heavy atom. The first-order chi connectivity index (χ1) is 5.36. The number of imidazole rings is 1. The second-order valence-electron chi connectivity index (χ2n) is 3.13. The van der Waals surface area contributed by atoms with E-state index in [0.29, 0.717) is 0 Å². The van der Waals surface area contributed by atoms with Crippen LogP contribution in [0.4, 0.5) is 0 Å². The molecule has 0 amide bonds. The third-order valence-corrected chi connectivity index (χ3v) is 2.28. The van der Waals surface area contributed by atoms with Crippen LogP contribution in [0, 0.1) is 0 Å². The van der Waals surface area contributed by atoms with Gasteiger partial charge in [-0.15, -0.1) is 0 Å². The monoisotopic (exact) mass is 151 g/mol. The minimum atomic E-state index is 1.09. The van der Waals surface area contributed by atoms with Crippen LogP contribution in [-0.4, -0.2) is 35.0 Å². The number of H-pyrrole nitrogens is 1. The van der Waals surface area contributed by atoms with E-state index >= 15 is 0 Å². The summed E-state index contributed by atoms with van der Waals surface area (Å²) in [5.41, 5.74) is 2.59. The van der Waals surface area contributed by atoms with Crippen molar-refractivity contribution in [2.24, 2.45) is 0 Å². The van der Waals surface area contributed by atoms with Crippen LogP contribution < -0.4 is 0 Å². The Balaban J connectivity index is 2.20. The maximum absolute atomic E-state index is 4.27. The molecule has 0 spiro atoms. The smallest absolute Gasteiger partial charge is 0.0925 e. The van der Waals surface area contributed by atoms with E-state index in [2.05, 4.69) is 21.9 Å². The Morgan fingerprint density at radius 2 is 2.27 bits per heavy atom. The Morgan fingerprint density at radius 1 is 1.45 bits per heavy atom. The molecule has 1 N–H and O–H groups in total. The van der Waals surface area contributed by atoms with E-state index in [1.165, 1.54) is 11.4 Å². The van der Waals surface area contributed by atoms with Crippen molar-refractivity contribution in [3.63, 3.8) is 0 Å². The highest BCUT2D eigenvalue weighted by Gasteiger charge is 2.11. The average molecular weight is 151 g/mol. The molecule has 11 heavy (non-hydrogen) atoms. The minimum Gasteiger partial charge on any atom is -0.348 e. The first-order valence-electron chi connectivity index (χ1n) is 4.06. The van der Waals surface area contributed by atoms with Crippen LogP contribution in [0.25, 0.3) is 0 Å². The SMILES string of the molecule is CN1CCc2nc[nH]c2CC1. The summed E-state index contributed by atoms with van der Waals surface area (Å²) in [5.74, 6) is 0. The lowest BCUT2D eigenvalue weighted by molar-refractivity contribution is 0.351. The highest BCUT2D eigenvalue weighted by molar-refractivity contribution is 5.13. The van der Waals surface area contributed by atoms with Crippen molar-refractivity contribution in [3.05, 3.63) is 17.7 Å². The van der Waals surface area contributed by atoms with Crippen molar-refractivity contribution in [1.82, 2.24) is 14.9 Å². The molecule has 0 unspecified atom stereocenters. The molecule has 3 heteroatoms. The molecule has 0 radical (unpaired) electrons. The van der Waals surface area contributed by atoms with Gasteiger partial charge in [-0.05, 0) is 7.05 Å². The third-order valence-electron chi connectivity index (χ3n) is 2.28. The van der Waals surface area contributed by atoms with Gasteiger partial charge >= 0.3 is 0 Å². The minimum absolute atomic E-state index is 1.09. The molecule has 60 valence electrons. The first-order valence-corrected chi connectivity index (χ1v) is 4.06. The fraction of sp³-hybridized carbons (Fsp3) is 0.625. The molecule has 0 atom stereocenters. The van der Waals surface area contributed by atoms with Gasteiger partial charge < -0.3 is 9.88 Å². The van der Waals surface area contributed by atoms with E-state index in [0.717, 1.165) is 25.9 Å². The highest BCUT2D eigenvalue weighted by Crippen LogP contribution is 2.09. The largest absolute Gasteiger partial charge is 0.348 e. The first kappa shape index (κ1) is 6.85. The van der Waals surface area contributed by atoms with Gasteiger partial charge in [0.15, 0.2) is 0 Å². The molecule has 0 bridgehead atoms. The van der Waals surface area contributed by atoms with E-state index in [-0.39, 0.29) is 0 Å². The summed E-state index contributed by atoms with van der Waals surface area (Å²) < 4.78 is 0. The van der Waals surface area contributed by atoms with E-state index in [9.17, 15) is 0 Å². The van der Waals surface area contributed by atoms with Gasteiger partial charge in [0.2, 0.25) is 0 Å². The summed E-state index contributed by atoms with van der Waals surface area (Å²) in [5, 5.41) is 0. The molecule has 0 saturated carbocycles. The molecule has 0 aromatic carbocycles. The van der Waals surface area contributed by atoms with Crippen molar-refractivity contribution in [2.45, 2.75) is 12.8 Å². The lowest BCUT2D eigenvalue weighted by Gasteiger charge is -2.10. The molecule has 0 saturated heterocycles. The predicted molar refractivity (Wildman–Crippen MR) is 43.5 cm³/mol. The van der Waals surface area contributed by atoms with Crippen molar-refractivity contribution in [2.75, 3.05) is 20.1 Å². The number of hydrogen-bond acceptors (Lipinski definition) is 2. The topological polar surface area (TPSA) is 31.9 Å². The van der Waals surface area contributed by atoms with Gasteiger partial charge in [-0.1, -0.05) is 0 Å². The third kappa shape index (κ3) is 1.28. The van der Waals surface area contributed by atoms with Crippen LogP contribution in [0.5, 0.6) is 0 Å². The zero-order valence-corrected chi connectivity index (χ0v) is 6.80. The molecule has 3 nitrogen and oxygen atoms in total. The summed E-state index contributed by atoms with van der Waals surface area (Å²) in [4.78, 5) is 9.79. The maximum atomic E-state index is 4.27. The molecule has 1 aliphatic rings. The fourth-order valence-electron chi connectivity index (χ4n) is 1.49. The molecule has 0 aliphatic carbocycles. The van der Waals surface area contributed by atoms with Crippen molar-refractivity contribution in [3.8, 4) is 0 Å². The second-order valence-corrected chi connectivity index (χ2v) is 3.13.